The molecule has 8 nitrogen and oxygen atoms in total. The summed E-state index contributed by atoms with van der Waals surface area (Å²) in [5, 5.41) is 28.9. The highest BCUT2D eigenvalue weighted by Gasteiger charge is 2.15. The minimum absolute atomic E-state index is 0.137. The number of nitrogens with one attached hydrogen (secondary N) is 1. The molecule has 0 aliphatic rings. The van der Waals surface area contributed by atoms with Crippen LogP contribution in [-0.2, 0) is 6.42 Å². The number of hydrogen-bond acceptors (Lipinski definition) is 7. The standard InChI is InChI=1S/C16H14N4O4/c21-12-4-3-10(8-13(12)22)5-7-18-14(23)16-20-19-15(24-16)11-2-1-6-17-9-11/h1-4,6,8-9,21-22H,5,7H2,(H,18,23). The SMILES string of the molecule is O=C(NCCc1ccc(O)c(O)c1)c1nnc(-c2cccnc2)o1. The van der Waals surface area contributed by atoms with Gasteiger partial charge in [-0.3, -0.25) is 9.78 Å². The molecule has 0 saturated heterocycles. The molecule has 0 radical (unpaired) electrons. The van der Waals surface area contributed by atoms with Crippen molar-refractivity contribution in [3.63, 3.8) is 0 Å². The van der Waals surface area contributed by atoms with E-state index in [4.69, 9.17) is 4.42 Å². The molecule has 0 bridgehead atoms. The quantitative estimate of drug-likeness (QED) is 0.608. The van der Waals surface area contributed by atoms with Gasteiger partial charge in [0, 0.05) is 18.9 Å². The van der Waals surface area contributed by atoms with Gasteiger partial charge in [-0.15, -0.1) is 10.2 Å². The average molecular weight is 326 g/mol. The van der Waals surface area contributed by atoms with E-state index in [0.29, 0.717) is 18.5 Å². The number of nitrogens with zero attached hydrogens (tertiary/aromatic N) is 3. The first kappa shape index (κ1) is 15.5. The number of hydrogen-bond donors (Lipinski definition) is 3. The first-order valence-corrected chi connectivity index (χ1v) is 7.16. The fourth-order valence-electron chi connectivity index (χ4n) is 2.04. The minimum atomic E-state index is -0.486. The van der Waals surface area contributed by atoms with Crippen LogP contribution in [0.1, 0.15) is 16.2 Å². The van der Waals surface area contributed by atoms with Gasteiger partial charge in [0.15, 0.2) is 11.5 Å². The van der Waals surface area contributed by atoms with Gasteiger partial charge in [-0.1, -0.05) is 6.07 Å². The van der Waals surface area contributed by atoms with Crippen LogP contribution in [0.3, 0.4) is 0 Å². The summed E-state index contributed by atoms with van der Waals surface area (Å²) in [7, 11) is 0. The summed E-state index contributed by atoms with van der Waals surface area (Å²) in [6.45, 7) is 0.313. The Morgan fingerprint density at radius 3 is 2.79 bits per heavy atom. The number of carbonyl (C=O) groups excluding carboxylic acids is 1. The molecule has 2 aromatic heterocycles. The second-order valence-electron chi connectivity index (χ2n) is 4.98. The highest BCUT2D eigenvalue weighted by atomic mass is 16.4. The van der Waals surface area contributed by atoms with Crippen LogP contribution >= 0.6 is 0 Å². The molecule has 1 amide bonds. The number of pyridine rings is 1. The highest BCUT2D eigenvalue weighted by molar-refractivity contribution is 5.89. The van der Waals surface area contributed by atoms with Crippen molar-refractivity contribution in [3.05, 3.63) is 54.2 Å². The Morgan fingerprint density at radius 1 is 1.17 bits per heavy atom. The van der Waals surface area contributed by atoms with E-state index in [1.165, 1.54) is 12.1 Å². The number of phenols is 2. The molecule has 0 fully saturated rings. The van der Waals surface area contributed by atoms with E-state index in [-0.39, 0.29) is 23.3 Å². The summed E-state index contributed by atoms with van der Waals surface area (Å²) >= 11 is 0. The Balaban J connectivity index is 1.57. The van der Waals surface area contributed by atoms with Crippen molar-refractivity contribution in [1.82, 2.24) is 20.5 Å². The molecule has 0 atom stereocenters. The fourth-order valence-corrected chi connectivity index (χ4v) is 2.04. The minimum Gasteiger partial charge on any atom is -0.504 e. The van der Waals surface area contributed by atoms with Gasteiger partial charge in [-0.25, -0.2) is 0 Å². The van der Waals surface area contributed by atoms with Gasteiger partial charge in [-0.05, 0) is 36.2 Å². The maximum Gasteiger partial charge on any atom is 0.308 e. The third-order valence-corrected chi connectivity index (χ3v) is 3.27. The molecular weight excluding hydrogens is 312 g/mol. The molecule has 24 heavy (non-hydrogen) atoms. The van der Waals surface area contributed by atoms with Crippen molar-refractivity contribution in [2.45, 2.75) is 6.42 Å². The van der Waals surface area contributed by atoms with Crippen molar-refractivity contribution in [2.24, 2.45) is 0 Å². The average Bonchev–Trinajstić information content (AvgIpc) is 3.09. The van der Waals surface area contributed by atoms with Crippen LogP contribution in [0.5, 0.6) is 11.5 Å². The van der Waals surface area contributed by atoms with E-state index in [1.807, 2.05) is 0 Å². The largest absolute Gasteiger partial charge is 0.504 e. The normalized spacial score (nSPS) is 10.5. The number of phenolic OH excluding ortho intramolecular Hbond substituents is 2. The van der Waals surface area contributed by atoms with Crippen LogP contribution in [0.25, 0.3) is 11.5 Å². The molecule has 1 aromatic carbocycles. The topological polar surface area (TPSA) is 121 Å². The van der Waals surface area contributed by atoms with E-state index < -0.39 is 5.91 Å². The Hall–Kier alpha value is -3.42. The summed E-state index contributed by atoms with van der Waals surface area (Å²) in [5.41, 5.74) is 1.40. The van der Waals surface area contributed by atoms with Crippen molar-refractivity contribution >= 4 is 5.91 Å². The molecule has 0 unspecified atom stereocenters. The molecule has 3 N–H and O–H groups in total. The Bertz CT molecular complexity index is 848. The van der Waals surface area contributed by atoms with Crippen LogP contribution in [-0.4, -0.2) is 37.8 Å². The van der Waals surface area contributed by atoms with Crippen LogP contribution in [0.2, 0.25) is 0 Å². The third kappa shape index (κ3) is 3.49. The monoisotopic (exact) mass is 326 g/mol. The highest BCUT2D eigenvalue weighted by Crippen LogP contribution is 2.24. The van der Waals surface area contributed by atoms with Gasteiger partial charge >= 0.3 is 11.8 Å². The van der Waals surface area contributed by atoms with Gasteiger partial charge < -0.3 is 19.9 Å². The molecule has 3 aromatic rings. The van der Waals surface area contributed by atoms with Crippen molar-refractivity contribution in [1.29, 1.82) is 0 Å². The molecule has 3 rings (SSSR count). The fraction of sp³-hybridized carbons (Fsp3) is 0.125. The Morgan fingerprint density at radius 2 is 2.04 bits per heavy atom. The van der Waals surface area contributed by atoms with Gasteiger partial charge in [-0.2, -0.15) is 0 Å². The lowest BCUT2D eigenvalue weighted by Crippen LogP contribution is -2.26. The first-order chi connectivity index (χ1) is 11.6. The lowest BCUT2D eigenvalue weighted by molar-refractivity contribution is 0.0920. The predicted molar refractivity (Wildman–Crippen MR) is 83.3 cm³/mol. The van der Waals surface area contributed by atoms with Gasteiger partial charge in [0.25, 0.3) is 0 Å². The molecule has 0 saturated carbocycles. The van der Waals surface area contributed by atoms with E-state index in [2.05, 4.69) is 20.5 Å². The summed E-state index contributed by atoms with van der Waals surface area (Å²) < 4.78 is 5.32. The molecule has 8 heteroatoms. The number of benzene rings is 1. The first-order valence-electron chi connectivity index (χ1n) is 7.16. The van der Waals surface area contributed by atoms with Crippen molar-refractivity contribution in [2.75, 3.05) is 6.54 Å². The number of amides is 1. The summed E-state index contributed by atoms with van der Waals surface area (Å²) in [4.78, 5) is 15.9. The summed E-state index contributed by atoms with van der Waals surface area (Å²) in [5.74, 6) is -0.784. The van der Waals surface area contributed by atoms with E-state index in [9.17, 15) is 15.0 Å². The molecule has 2 heterocycles. The number of aromatic nitrogens is 3. The molecule has 0 aliphatic carbocycles. The maximum absolute atomic E-state index is 12.0. The van der Waals surface area contributed by atoms with Gasteiger partial charge in [0.2, 0.25) is 5.89 Å². The van der Waals surface area contributed by atoms with Crippen LogP contribution in [0, 0.1) is 0 Å². The van der Waals surface area contributed by atoms with Crippen LogP contribution < -0.4 is 5.32 Å². The van der Waals surface area contributed by atoms with E-state index >= 15 is 0 Å². The molecular formula is C16H14N4O4. The zero-order valence-corrected chi connectivity index (χ0v) is 12.5. The smallest absolute Gasteiger partial charge is 0.308 e. The Kier molecular flexibility index (Phi) is 4.37. The maximum atomic E-state index is 12.0. The predicted octanol–water partition coefficient (Wildman–Crippen LogP) is 1.52. The molecule has 122 valence electrons. The van der Waals surface area contributed by atoms with Crippen molar-refractivity contribution < 1.29 is 19.4 Å². The molecule has 0 spiro atoms. The zero-order valence-electron chi connectivity index (χ0n) is 12.5. The van der Waals surface area contributed by atoms with Crippen LogP contribution in [0.4, 0.5) is 0 Å². The lowest BCUT2D eigenvalue weighted by atomic mass is 10.1. The summed E-state index contributed by atoms with van der Waals surface area (Å²) in [6, 6.07) is 7.97. The number of rotatable bonds is 5. The van der Waals surface area contributed by atoms with E-state index in [0.717, 1.165) is 5.56 Å². The lowest BCUT2D eigenvalue weighted by Gasteiger charge is -2.04. The zero-order chi connectivity index (χ0) is 16.9. The Labute approximate surface area is 136 Å². The van der Waals surface area contributed by atoms with Crippen molar-refractivity contribution in [3.8, 4) is 23.0 Å². The van der Waals surface area contributed by atoms with Crippen LogP contribution in [0.15, 0.2) is 47.1 Å². The van der Waals surface area contributed by atoms with E-state index in [1.54, 1.807) is 30.6 Å². The number of aromatic hydroxyl groups is 2. The second kappa shape index (κ2) is 6.78. The second-order valence-corrected chi connectivity index (χ2v) is 4.98. The summed E-state index contributed by atoms with van der Waals surface area (Å²) in [6.07, 6.45) is 3.66. The number of carbonyl (C=O) groups is 1. The molecule has 0 aliphatic heterocycles. The van der Waals surface area contributed by atoms with Gasteiger partial charge in [0.1, 0.15) is 0 Å². The third-order valence-electron chi connectivity index (χ3n) is 3.27. The van der Waals surface area contributed by atoms with Gasteiger partial charge in [0.05, 0.1) is 5.56 Å².